The minimum atomic E-state index is -1.41. The lowest BCUT2D eigenvalue weighted by Crippen LogP contribution is -2.57. The minimum Gasteiger partial charge on any atom is -0.493 e. The summed E-state index contributed by atoms with van der Waals surface area (Å²) in [5.41, 5.74) is -0.563. The molecule has 0 radical (unpaired) electrons. The number of para-hydroxylation sites is 1. The summed E-state index contributed by atoms with van der Waals surface area (Å²) in [6.07, 6.45) is 6.48. The van der Waals surface area contributed by atoms with Crippen molar-refractivity contribution >= 4 is 5.91 Å². The Morgan fingerprint density at radius 3 is 2.80 bits per heavy atom. The molecule has 1 atom stereocenters. The van der Waals surface area contributed by atoms with Crippen molar-refractivity contribution in [1.29, 1.82) is 0 Å². The number of likely N-dealkylation sites (tertiary alicyclic amines) is 1. The fourth-order valence-corrected chi connectivity index (χ4v) is 3.30. The van der Waals surface area contributed by atoms with Gasteiger partial charge in [-0.15, -0.1) is 6.42 Å². The Labute approximate surface area is 149 Å². The first-order chi connectivity index (χ1) is 11.9. The van der Waals surface area contributed by atoms with Gasteiger partial charge in [0, 0.05) is 25.2 Å². The summed E-state index contributed by atoms with van der Waals surface area (Å²) in [5, 5.41) is 10.9. The number of aliphatic hydroxyl groups is 1. The Morgan fingerprint density at radius 2 is 2.16 bits per heavy atom. The highest BCUT2D eigenvalue weighted by Crippen LogP contribution is 2.33. The second kappa shape index (κ2) is 8.24. The van der Waals surface area contributed by atoms with E-state index in [1.807, 2.05) is 18.2 Å². The molecule has 1 saturated heterocycles. The van der Waals surface area contributed by atoms with E-state index in [2.05, 4.69) is 5.92 Å². The summed E-state index contributed by atoms with van der Waals surface area (Å²) in [7, 11) is 4.95. The van der Waals surface area contributed by atoms with Gasteiger partial charge in [0.25, 0.3) is 5.91 Å². The van der Waals surface area contributed by atoms with Crippen molar-refractivity contribution in [3.63, 3.8) is 0 Å². The molecule has 6 nitrogen and oxygen atoms in total. The van der Waals surface area contributed by atoms with Gasteiger partial charge < -0.3 is 19.5 Å². The molecule has 1 heterocycles. The van der Waals surface area contributed by atoms with Gasteiger partial charge in [-0.2, -0.15) is 0 Å². The molecule has 25 heavy (non-hydrogen) atoms. The van der Waals surface area contributed by atoms with Crippen molar-refractivity contribution in [3.8, 4) is 23.8 Å². The number of hydrogen-bond acceptors (Lipinski definition) is 5. The van der Waals surface area contributed by atoms with Crippen molar-refractivity contribution in [2.24, 2.45) is 0 Å². The molecule has 1 N–H and O–H groups in total. The van der Waals surface area contributed by atoms with Crippen molar-refractivity contribution < 1.29 is 19.4 Å². The summed E-state index contributed by atoms with van der Waals surface area (Å²) < 4.78 is 10.7. The van der Waals surface area contributed by atoms with Gasteiger partial charge in [0.05, 0.1) is 20.8 Å². The third kappa shape index (κ3) is 4.25. The average molecular weight is 346 g/mol. The summed E-state index contributed by atoms with van der Waals surface area (Å²) in [6.45, 7) is 1.57. The van der Waals surface area contributed by atoms with E-state index in [1.165, 1.54) is 0 Å². The Kier molecular flexibility index (Phi) is 6.29. The molecule has 1 amide bonds. The van der Waals surface area contributed by atoms with Crippen LogP contribution < -0.4 is 9.47 Å². The van der Waals surface area contributed by atoms with Crippen LogP contribution in [0.15, 0.2) is 18.2 Å². The second-order valence-corrected chi connectivity index (χ2v) is 6.39. The van der Waals surface area contributed by atoms with E-state index in [4.69, 9.17) is 15.9 Å². The van der Waals surface area contributed by atoms with Gasteiger partial charge >= 0.3 is 0 Å². The van der Waals surface area contributed by atoms with E-state index in [1.54, 1.807) is 31.1 Å². The van der Waals surface area contributed by atoms with E-state index in [0.29, 0.717) is 37.6 Å². The lowest BCUT2D eigenvalue weighted by Gasteiger charge is -2.40. The maximum Gasteiger partial charge on any atom is 0.256 e. The third-order valence-electron chi connectivity index (χ3n) is 4.44. The summed E-state index contributed by atoms with van der Waals surface area (Å²) in [5.74, 6) is 3.48. The molecule has 0 saturated carbocycles. The van der Waals surface area contributed by atoms with E-state index >= 15 is 0 Å². The number of amides is 1. The van der Waals surface area contributed by atoms with Crippen LogP contribution in [0.4, 0.5) is 0 Å². The smallest absolute Gasteiger partial charge is 0.256 e. The van der Waals surface area contributed by atoms with Crippen LogP contribution in [-0.4, -0.2) is 67.3 Å². The van der Waals surface area contributed by atoms with Crippen LogP contribution in [0.3, 0.4) is 0 Å². The minimum absolute atomic E-state index is 0.224. The van der Waals surface area contributed by atoms with Crippen molar-refractivity contribution in [2.45, 2.75) is 25.0 Å². The van der Waals surface area contributed by atoms with Crippen LogP contribution in [0, 0.1) is 12.3 Å². The number of terminal acetylenes is 1. The number of piperidine rings is 1. The number of ether oxygens (including phenoxy) is 2. The van der Waals surface area contributed by atoms with Crippen LogP contribution in [0.1, 0.15) is 18.4 Å². The number of rotatable bonds is 7. The molecule has 2 rings (SSSR count). The van der Waals surface area contributed by atoms with Gasteiger partial charge in [0.1, 0.15) is 0 Å². The van der Waals surface area contributed by atoms with Crippen molar-refractivity contribution in [1.82, 2.24) is 9.80 Å². The number of carbonyl (C=O) groups is 1. The Morgan fingerprint density at radius 1 is 1.40 bits per heavy atom. The normalized spacial score (nSPS) is 20.5. The number of hydrogen-bond donors (Lipinski definition) is 1. The monoisotopic (exact) mass is 346 g/mol. The van der Waals surface area contributed by atoms with Crippen LogP contribution in [0.5, 0.6) is 11.5 Å². The quantitative estimate of drug-likeness (QED) is 0.750. The molecular weight excluding hydrogens is 320 g/mol. The Hall–Kier alpha value is -2.23. The summed E-state index contributed by atoms with van der Waals surface area (Å²) >= 11 is 0. The predicted octanol–water partition coefficient (Wildman–Crippen LogP) is 1.12. The van der Waals surface area contributed by atoms with Crippen molar-refractivity contribution in [3.05, 3.63) is 23.8 Å². The number of nitrogens with zero attached hydrogens (tertiary/aromatic N) is 2. The molecule has 136 valence electrons. The van der Waals surface area contributed by atoms with Gasteiger partial charge in [-0.05, 0) is 26.0 Å². The number of benzene rings is 1. The lowest BCUT2D eigenvalue weighted by atomic mass is 9.90. The summed E-state index contributed by atoms with van der Waals surface area (Å²) in [6, 6.07) is 5.57. The van der Waals surface area contributed by atoms with Crippen LogP contribution in [-0.2, 0) is 11.3 Å². The van der Waals surface area contributed by atoms with Crippen molar-refractivity contribution in [2.75, 3.05) is 40.9 Å². The third-order valence-corrected chi connectivity index (χ3v) is 4.44. The molecule has 0 bridgehead atoms. The summed E-state index contributed by atoms with van der Waals surface area (Å²) in [4.78, 5) is 16.3. The van der Waals surface area contributed by atoms with Gasteiger partial charge in [-0.3, -0.25) is 9.69 Å². The molecule has 1 aliphatic heterocycles. The van der Waals surface area contributed by atoms with Gasteiger partial charge in [-0.25, -0.2) is 0 Å². The molecule has 1 aromatic rings. The highest BCUT2D eigenvalue weighted by atomic mass is 16.5. The molecule has 0 unspecified atom stereocenters. The van der Waals surface area contributed by atoms with Crippen LogP contribution in [0.2, 0.25) is 0 Å². The van der Waals surface area contributed by atoms with E-state index in [9.17, 15) is 9.90 Å². The predicted molar refractivity (Wildman–Crippen MR) is 95.5 cm³/mol. The number of likely N-dealkylation sites (N-methyl/N-ethyl adjacent to an activating group) is 1. The molecular formula is C19H26N2O4. The zero-order valence-electron chi connectivity index (χ0n) is 15.1. The molecule has 1 aromatic carbocycles. The molecule has 0 aliphatic carbocycles. The maximum absolute atomic E-state index is 12.9. The van der Waals surface area contributed by atoms with E-state index in [0.717, 1.165) is 12.0 Å². The zero-order valence-corrected chi connectivity index (χ0v) is 15.1. The first kappa shape index (κ1) is 19.1. The van der Waals surface area contributed by atoms with Crippen LogP contribution >= 0.6 is 0 Å². The SMILES string of the molecule is C#CCN(C)C[C@]1(O)CCCN(Cc2cccc(OC)c2OC)C1=O. The Bertz CT molecular complexity index is 655. The molecule has 0 spiro atoms. The standard InChI is InChI=1S/C19H26N2O4/c1-5-11-20(2)14-19(23)10-7-12-21(18(19)22)13-15-8-6-9-16(24-3)17(15)25-4/h1,6,8-9,23H,7,10-14H2,2-4H3/t19-/m1/s1. The zero-order chi connectivity index (χ0) is 18.4. The fourth-order valence-electron chi connectivity index (χ4n) is 3.30. The molecule has 1 fully saturated rings. The highest BCUT2D eigenvalue weighted by Gasteiger charge is 2.42. The first-order valence-corrected chi connectivity index (χ1v) is 8.29. The second-order valence-electron chi connectivity index (χ2n) is 6.39. The Balaban J connectivity index is 2.18. The number of carbonyl (C=O) groups excluding carboxylic acids is 1. The largest absolute Gasteiger partial charge is 0.493 e. The van der Waals surface area contributed by atoms with Crippen LogP contribution in [0.25, 0.3) is 0 Å². The lowest BCUT2D eigenvalue weighted by molar-refractivity contribution is -0.159. The molecule has 1 aliphatic rings. The fraction of sp³-hybridized carbons (Fsp3) is 0.526. The molecule has 0 aromatic heterocycles. The van der Waals surface area contributed by atoms with Gasteiger partial charge in [-0.1, -0.05) is 18.1 Å². The number of methoxy groups -OCH3 is 2. The highest BCUT2D eigenvalue weighted by molar-refractivity contribution is 5.86. The van der Waals surface area contributed by atoms with Gasteiger partial charge in [0.15, 0.2) is 17.1 Å². The first-order valence-electron chi connectivity index (χ1n) is 8.29. The van der Waals surface area contributed by atoms with E-state index < -0.39 is 5.60 Å². The van der Waals surface area contributed by atoms with E-state index in [-0.39, 0.29) is 12.5 Å². The molecule has 6 heteroatoms. The maximum atomic E-state index is 12.9. The van der Waals surface area contributed by atoms with Gasteiger partial charge in [0.2, 0.25) is 0 Å². The average Bonchev–Trinajstić information content (AvgIpc) is 2.59. The topological polar surface area (TPSA) is 62.2 Å².